The van der Waals surface area contributed by atoms with Gasteiger partial charge in [0.05, 0.1) is 0 Å². The van der Waals surface area contributed by atoms with Gasteiger partial charge in [-0.3, -0.25) is 4.99 Å². The molecule has 1 unspecified atom stereocenters. The predicted molar refractivity (Wildman–Crippen MR) is 118 cm³/mol. The standard InChI is InChI=1S/C22H35N7/c1-3-21-27-26-18-29(21)15-12-24-22(23-4-2)25-16-20-11-14-28(17-20)13-10-19-8-6-5-7-9-19/h5-9,18,20H,3-4,10-17H2,1-2H3,(H2,23,24,25). The first kappa shape index (κ1) is 21.3. The molecule has 7 nitrogen and oxygen atoms in total. The third kappa shape index (κ3) is 6.85. The van der Waals surface area contributed by atoms with Crippen molar-refractivity contribution in [2.45, 2.75) is 39.7 Å². The minimum atomic E-state index is 0.644. The fraction of sp³-hybridized carbons (Fsp3) is 0.591. The Morgan fingerprint density at radius 1 is 1.17 bits per heavy atom. The van der Waals surface area contributed by atoms with Crippen LogP contribution in [-0.2, 0) is 19.4 Å². The molecule has 1 fully saturated rings. The fourth-order valence-electron chi connectivity index (χ4n) is 3.79. The first-order valence-corrected chi connectivity index (χ1v) is 10.9. The van der Waals surface area contributed by atoms with E-state index in [1.165, 1.54) is 18.5 Å². The van der Waals surface area contributed by atoms with Gasteiger partial charge in [-0.15, -0.1) is 10.2 Å². The minimum absolute atomic E-state index is 0.644. The van der Waals surface area contributed by atoms with Crippen LogP contribution in [0.1, 0.15) is 31.7 Å². The van der Waals surface area contributed by atoms with E-state index in [0.717, 1.165) is 63.9 Å². The summed E-state index contributed by atoms with van der Waals surface area (Å²) in [6.45, 7) is 11.1. The Balaban J connectivity index is 1.40. The van der Waals surface area contributed by atoms with E-state index >= 15 is 0 Å². The average Bonchev–Trinajstić information content (AvgIpc) is 3.40. The summed E-state index contributed by atoms with van der Waals surface area (Å²) < 4.78 is 2.10. The molecule has 158 valence electrons. The van der Waals surface area contributed by atoms with Crippen molar-refractivity contribution in [2.75, 3.05) is 39.3 Å². The van der Waals surface area contributed by atoms with Crippen molar-refractivity contribution < 1.29 is 0 Å². The zero-order valence-corrected chi connectivity index (χ0v) is 17.8. The maximum atomic E-state index is 4.84. The smallest absolute Gasteiger partial charge is 0.191 e. The maximum Gasteiger partial charge on any atom is 0.191 e. The minimum Gasteiger partial charge on any atom is -0.357 e. The van der Waals surface area contributed by atoms with Crippen molar-refractivity contribution in [2.24, 2.45) is 10.9 Å². The molecule has 7 heteroatoms. The second-order valence-electron chi connectivity index (χ2n) is 7.63. The molecule has 2 heterocycles. The van der Waals surface area contributed by atoms with Gasteiger partial charge in [0.15, 0.2) is 5.96 Å². The quantitative estimate of drug-likeness (QED) is 0.474. The zero-order chi connectivity index (χ0) is 20.3. The molecule has 0 amide bonds. The van der Waals surface area contributed by atoms with Crippen LogP contribution < -0.4 is 10.6 Å². The van der Waals surface area contributed by atoms with Crippen LogP contribution in [0.5, 0.6) is 0 Å². The van der Waals surface area contributed by atoms with Gasteiger partial charge < -0.3 is 20.1 Å². The Kier molecular flexibility index (Phi) is 8.49. The number of nitrogens with zero attached hydrogens (tertiary/aromatic N) is 5. The van der Waals surface area contributed by atoms with Gasteiger partial charge >= 0.3 is 0 Å². The SMILES string of the molecule is CCNC(=NCC1CCN(CCc2ccccc2)C1)NCCn1cnnc1CC. The second-order valence-corrected chi connectivity index (χ2v) is 7.63. The predicted octanol–water partition coefficient (Wildman–Crippen LogP) is 1.96. The summed E-state index contributed by atoms with van der Waals surface area (Å²) in [5, 5.41) is 14.9. The summed E-state index contributed by atoms with van der Waals surface area (Å²) in [4.78, 5) is 7.41. The van der Waals surface area contributed by atoms with Gasteiger partial charge in [-0.2, -0.15) is 0 Å². The summed E-state index contributed by atoms with van der Waals surface area (Å²) in [6, 6.07) is 10.8. The Bertz CT molecular complexity index is 741. The van der Waals surface area contributed by atoms with Crippen LogP contribution >= 0.6 is 0 Å². The molecule has 1 aliphatic rings. The lowest BCUT2D eigenvalue weighted by Gasteiger charge is -2.16. The average molecular weight is 398 g/mol. The summed E-state index contributed by atoms with van der Waals surface area (Å²) in [7, 11) is 0. The van der Waals surface area contributed by atoms with E-state index in [1.807, 2.05) is 0 Å². The van der Waals surface area contributed by atoms with E-state index in [0.29, 0.717) is 5.92 Å². The first-order valence-electron chi connectivity index (χ1n) is 10.9. The van der Waals surface area contributed by atoms with Crippen molar-refractivity contribution in [3.05, 3.63) is 48.0 Å². The molecular formula is C22H35N7. The number of aryl methyl sites for hydroxylation is 1. The molecule has 1 aromatic carbocycles. The van der Waals surface area contributed by atoms with Crippen LogP contribution in [0.3, 0.4) is 0 Å². The topological polar surface area (TPSA) is 70.4 Å². The highest BCUT2D eigenvalue weighted by Gasteiger charge is 2.21. The second kappa shape index (κ2) is 11.6. The number of hydrogen-bond acceptors (Lipinski definition) is 4. The summed E-state index contributed by atoms with van der Waals surface area (Å²) in [5.74, 6) is 2.57. The van der Waals surface area contributed by atoms with Crippen LogP contribution in [0, 0.1) is 5.92 Å². The van der Waals surface area contributed by atoms with Gasteiger partial charge in [-0.25, -0.2) is 0 Å². The molecule has 1 atom stereocenters. The third-order valence-electron chi connectivity index (χ3n) is 5.44. The maximum absolute atomic E-state index is 4.84. The number of guanidine groups is 1. The van der Waals surface area contributed by atoms with E-state index in [1.54, 1.807) is 6.33 Å². The number of rotatable bonds is 10. The molecule has 0 aliphatic carbocycles. The highest BCUT2D eigenvalue weighted by Crippen LogP contribution is 2.17. The summed E-state index contributed by atoms with van der Waals surface area (Å²) in [5.41, 5.74) is 1.42. The van der Waals surface area contributed by atoms with E-state index in [9.17, 15) is 0 Å². The Morgan fingerprint density at radius 3 is 2.83 bits per heavy atom. The largest absolute Gasteiger partial charge is 0.357 e. The van der Waals surface area contributed by atoms with Crippen molar-refractivity contribution in [1.29, 1.82) is 0 Å². The van der Waals surface area contributed by atoms with Crippen LogP contribution in [0.2, 0.25) is 0 Å². The zero-order valence-electron chi connectivity index (χ0n) is 17.8. The van der Waals surface area contributed by atoms with Gasteiger partial charge in [0.2, 0.25) is 0 Å². The van der Waals surface area contributed by atoms with Crippen LogP contribution in [0.25, 0.3) is 0 Å². The number of nitrogens with one attached hydrogen (secondary N) is 2. The van der Waals surface area contributed by atoms with E-state index < -0.39 is 0 Å². The van der Waals surface area contributed by atoms with Crippen LogP contribution in [-0.4, -0.2) is 64.9 Å². The van der Waals surface area contributed by atoms with E-state index in [4.69, 9.17) is 4.99 Å². The van der Waals surface area contributed by atoms with E-state index in [2.05, 4.69) is 74.5 Å². The summed E-state index contributed by atoms with van der Waals surface area (Å²) in [6.07, 6.45) is 5.06. The molecule has 2 aromatic rings. The number of likely N-dealkylation sites (tertiary alicyclic amines) is 1. The summed E-state index contributed by atoms with van der Waals surface area (Å²) >= 11 is 0. The third-order valence-corrected chi connectivity index (χ3v) is 5.44. The molecule has 2 N–H and O–H groups in total. The molecule has 3 rings (SSSR count). The molecule has 0 spiro atoms. The molecule has 1 aliphatic heterocycles. The molecule has 1 aromatic heterocycles. The molecule has 1 saturated heterocycles. The van der Waals surface area contributed by atoms with Crippen LogP contribution in [0.15, 0.2) is 41.7 Å². The van der Waals surface area contributed by atoms with Crippen molar-refractivity contribution in [3.8, 4) is 0 Å². The van der Waals surface area contributed by atoms with Crippen molar-refractivity contribution in [1.82, 2.24) is 30.3 Å². The van der Waals surface area contributed by atoms with Crippen molar-refractivity contribution >= 4 is 5.96 Å². The molecule has 0 bridgehead atoms. The van der Waals surface area contributed by atoms with Gasteiger partial charge in [0, 0.05) is 45.7 Å². The Labute approximate surface area is 174 Å². The normalized spacial score (nSPS) is 17.6. The fourth-order valence-corrected chi connectivity index (χ4v) is 3.79. The van der Waals surface area contributed by atoms with Crippen LogP contribution in [0.4, 0.5) is 0 Å². The first-order chi connectivity index (χ1) is 14.3. The lowest BCUT2D eigenvalue weighted by molar-refractivity contribution is 0.329. The van der Waals surface area contributed by atoms with Gasteiger partial charge in [0.25, 0.3) is 0 Å². The highest BCUT2D eigenvalue weighted by molar-refractivity contribution is 5.79. The highest BCUT2D eigenvalue weighted by atomic mass is 15.3. The van der Waals surface area contributed by atoms with Gasteiger partial charge in [0.1, 0.15) is 12.2 Å². The van der Waals surface area contributed by atoms with E-state index in [-0.39, 0.29) is 0 Å². The number of aliphatic imine (C=N–C) groups is 1. The lowest BCUT2D eigenvalue weighted by atomic mass is 10.1. The Morgan fingerprint density at radius 2 is 2.03 bits per heavy atom. The monoisotopic (exact) mass is 397 g/mol. The number of aromatic nitrogens is 3. The van der Waals surface area contributed by atoms with Gasteiger partial charge in [-0.1, -0.05) is 37.3 Å². The van der Waals surface area contributed by atoms with Crippen molar-refractivity contribution in [3.63, 3.8) is 0 Å². The lowest BCUT2D eigenvalue weighted by Crippen LogP contribution is -2.39. The molecule has 0 saturated carbocycles. The number of hydrogen-bond donors (Lipinski definition) is 2. The van der Waals surface area contributed by atoms with Gasteiger partial charge in [-0.05, 0) is 37.8 Å². The molecular weight excluding hydrogens is 362 g/mol. The number of benzene rings is 1. The Hall–Kier alpha value is -2.41. The molecule has 0 radical (unpaired) electrons. The molecule has 29 heavy (non-hydrogen) atoms.